The van der Waals surface area contributed by atoms with E-state index in [2.05, 4.69) is 64.6 Å². The fraction of sp³-hybridized carbons (Fsp3) is 0.267. The zero-order valence-electron chi connectivity index (χ0n) is 21.4. The van der Waals surface area contributed by atoms with Crippen LogP contribution in [0.25, 0.3) is 27.9 Å². The van der Waals surface area contributed by atoms with Crippen LogP contribution in [0.1, 0.15) is 25.8 Å². The summed E-state index contributed by atoms with van der Waals surface area (Å²) >= 11 is 0. The molecule has 4 heterocycles. The van der Waals surface area contributed by atoms with Crippen LogP contribution in [0.15, 0.2) is 79.3 Å². The second kappa shape index (κ2) is 9.41. The first-order valence-corrected chi connectivity index (χ1v) is 12.8. The fourth-order valence-electron chi connectivity index (χ4n) is 5.37. The van der Waals surface area contributed by atoms with Gasteiger partial charge in [-0.25, -0.2) is 15.0 Å². The van der Waals surface area contributed by atoms with E-state index in [9.17, 15) is 0 Å². The molecule has 1 aromatic carbocycles. The van der Waals surface area contributed by atoms with E-state index < -0.39 is 0 Å². The minimum atomic E-state index is 0.0940. The summed E-state index contributed by atoms with van der Waals surface area (Å²) < 4.78 is 0. The molecule has 37 heavy (non-hydrogen) atoms. The van der Waals surface area contributed by atoms with Crippen molar-refractivity contribution in [1.82, 2.24) is 25.3 Å². The predicted octanol–water partition coefficient (Wildman–Crippen LogP) is 5.61. The molecule has 1 aliphatic heterocycles. The molecule has 1 aliphatic carbocycles. The van der Waals surface area contributed by atoms with E-state index >= 15 is 0 Å². The first-order valence-electron chi connectivity index (χ1n) is 12.8. The summed E-state index contributed by atoms with van der Waals surface area (Å²) in [6.07, 6.45) is 12.9. The molecule has 0 bridgehead atoms. The van der Waals surface area contributed by atoms with E-state index in [1.165, 1.54) is 0 Å². The Kier molecular flexibility index (Phi) is 5.93. The van der Waals surface area contributed by atoms with Crippen LogP contribution < -0.4 is 15.5 Å². The zero-order valence-corrected chi connectivity index (χ0v) is 21.4. The maximum Gasteiger partial charge on any atom is 0.162 e. The highest BCUT2D eigenvalue weighted by atomic mass is 15.2. The maximum absolute atomic E-state index is 5.22. The average Bonchev–Trinajstić information content (AvgIpc) is 2.87. The van der Waals surface area contributed by atoms with Gasteiger partial charge in [-0.2, -0.15) is 0 Å². The van der Waals surface area contributed by atoms with Gasteiger partial charge in [0.25, 0.3) is 0 Å². The molecule has 1 atom stereocenters. The predicted molar refractivity (Wildman–Crippen MR) is 151 cm³/mol. The van der Waals surface area contributed by atoms with Gasteiger partial charge in [0.05, 0.1) is 17.1 Å². The van der Waals surface area contributed by atoms with Gasteiger partial charge in [0.1, 0.15) is 11.6 Å². The average molecular weight is 490 g/mol. The largest absolute Gasteiger partial charge is 0.355 e. The van der Waals surface area contributed by atoms with Gasteiger partial charge in [0.15, 0.2) is 5.82 Å². The summed E-state index contributed by atoms with van der Waals surface area (Å²) in [6, 6.07) is 14.3. The van der Waals surface area contributed by atoms with Crippen LogP contribution in [-0.4, -0.2) is 46.1 Å². The topological polar surface area (TPSA) is 78.9 Å². The number of anilines is 3. The third-order valence-corrected chi connectivity index (χ3v) is 7.39. The van der Waals surface area contributed by atoms with Gasteiger partial charge in [-0.3, -0.25) is 4.98 Å². The number of pyridine rings is 2. The van der Waals surface area contributed by atoms with Crippen molar-refractivity contribution >= 4 is 33.8 Å². The van der Waals surface area contributed by atoms with Crippen LogP contribution in [-0.2, 0) is 0 Å². The number of hydrogen-bond donors (Lipinski definition) is 2. The highest BCUT2D eigenvalue weighted by Crippen LogP contribution is 2.39. The molecular weight excluding hydrogens is 458 g/mol. The van der Waals surface area contributed by atoms with Crippen LogP contribution in [0.3, 0.4) is 0 Å². The SMILES string of the molecule is CN(c1nc(-c2ccnc(Nc3ccccc3)c2)nc2cncc(C3=CC=C3)c12)C1CCNCC1(C)C. The standard InChI is InChI=1S/C30H31N7/c1-30(2)19-31-14-13-25(30)37(3)29-27-23(20-8-7-9-20)17-32-18-24(27)35-28(36-29)21-12-15-33-26(16-21)34-22-10-5-4-6-11-22/h4-12,15-18,25,31H,13-14,19H2,1-3H3,(H,33,34). The van der Waals surface area contributed by atoms with Crippen molar-refractivity contribution in [2.45, 2.75) is 26.3 Å². The third-order valence-electron chi connectivity index (χ3n) is 7.39. The number of nitrogens with one attached hydrogen (secondary N) is 2. The van der Waals surface area contributed by atoms with Gasteiger partial charge in [-0.15, -0.1) is 0 Å². The molecule has 7 nitrogen and oxygen atoms in total. The smallest absolute Gasteiger partial charge is 0.162 e. The number of para-hydroxylation sites is 1. The number of nitrogens with zero attached hydrogens (tertiary/aromatic N) is 5. The second-order valence-electron chi connectivity index (χ2n) is 10.4. The Morgan fingerprint density at radius 1 is 1.08 bits per heavy atom. The monoisotopic (exact) mass is 489 g/mol. The molecule has 4 aromatic rings. The molecule has 7 heteroatoms. The number of benzene rings is 1. The highest BCUT2D eigenvalue weighted by molar-refractivity contribution is 6.02. The lowest BCUT2D eigenvalue weighted by Crippen LogP contribution is -2.53. The van der Waals surface area contributed by atoms with E-state index in [1.807, 2.05) is 54.9 Å². The number of allylic oxidation sites excluding steroid dienone is 4. The van der Waals surface area contributed by atoms with Gasteiger partial charge in [-0.05, 0) is 48.2 Å². The molecule has 0 amide bonds. The molecule has 1 unspecified atom stereocenters. The molecule has 1 saturated heterocycles. The number of piperidine rings is 1. The lowest BCUT2D eigenvalue weighted by molar-refractivity contribution is 0.215. The van der Waals surface area contributed by atoms with E-state index in [0.29, 0.717) is 11.9 Å². The first-order chi connectivity index (χ1) is 18.0. The summed E-state index contributed by atoms with van der Waals surface area (Å²) in [7, 11) is 2.17. The fourth-order valence-corrected chi connectivity index (χ4v) is 5.37. The van der Waals surface area contributed by atoms with Crippen molar-refractivity contribution in [2.75, 3.05) is 30.4 Å². The van der Waals surface area contributed by atoms with Gasteiger partial charge in [0, 0.05) is 48.8 Å². The van der Waals surface area contributed by atoms with Gasteiger partial charge in [0.2, 0.25) is 0 Å². The Hall–Kier alpha value is -4.10. The molecule has 1 fully saturated rings. The van der Waals surface area contributed by atoms with Crippen molar-refractivity contribution in [3.8, 4) is 11.4 Å². The van der Waals surface area contributed by atoms with E-state index in [0.717, 1.165) is 64.4 Å². The number of aromatic nitrogens is 4. The normalized spacial score (nSPS) is 18.2. The third kappa shape index (κ3) is 4.47. The minimum absolute atomic E-state index is 0.0940. The lowest BCUT2D eigenvalue weighted by Gasteiger charge is -2.45. The van der Waals surface area contributed by atoms with Gasteiger partial charge < -0.3 is 15.5 Å². The Morgan fingerprint density at radius 2 is 1.92 bits per heavy atom. The van der Waals surface area contributed by atoms with E-state index in [1.54, 1.807) is 6.20 Å². The number of rotatable bonds is 6. The van der Waals surface area contributed by atoms with Crippen molar-refractivity contribution in [3.05, 3.63) is 84.8 Å². The quantitative estimate of drug-likeness (QED) is 0.365. The second-order valence-corrected chi connectivity index (χ2v) is 10.4. The van der Waals surface area contributed by atoms with Gasteiger partial charge >= 0.3 is 0 Å². The molecule has 2 N–H and O–H groups in total. The molecular formula is C30H31N7. The Morgan fingerprint density at radius 3 is 2.68 bits per heavy atom. The summed E-state index contributed by atoms with van der Waals surface area (Å²) in [5.74, 6) is 2.35. The molecule has 186 valence electrons. The minimum Gasteiger partial charge on any atom is -0.355 e. The summed E-state index contributed by atoms with van der Waals surface area (Å²) in [4.78, 5) is 21.7. The van der Waals surface area contributed by atoms with Crippen LogP contribution in [0, 0.1) is 5.41 Å². The van der Waals surface area contributed by atoms with Gasteiger partial charge in [-0.1, -0.05) is 50.3 Å². The summed E-state index contributed by atoms with van der Waals surface area (Å²) in [6.45, 7) is 6.62. The first kappa shape index (κ1) is 23.3. The number of hydrogen-bond acceptors (Lipinski definition) is 7. The molecule has 3 aromatic heterocycles. The molecule has 0 spiro atoms. The van der Waals surface area contributed by atoms with Crippen LogP contribution in [0.4, 0.5) is 17.3 Å². The Balaban J connectivity index is 1.48. The summed E-state index contributed by atoms with van der Waals surface area (Å²) in [5.41, 5.74) is 5.05. The van der Waals surface area contributed by atoms with Crippen LogP contribution >= 0.6 is 0 Å². The van der Waals surface area contributed by atoms with Crippen molar-refractivity contribution < 1.29 is 0 Å². The molecule has 0 saturated carbocycles. The van der Waals surface area contributed by atoms with Crippen molar-refractivity contribution in [3.63, 3.8) is 0 Å². The molecule has 2 aliphatic rings. The lowest BCUT2D eigenvalue weighted by atomic mass is 9.79. The van der Waals surface area contributed by atoms with Crippen LogP contribution in [0.5, 0.6) is 0 Å². The Labute approximate surface area is 217 Å². The summed E-state index contributed by atoms with van der Waals surface area (Å²) in [5, 5.41) is 7.98. The molecule has 0 radical (unpaired) electrons. The highest BCUT2D eigenvalue weighted by Gasteiger charge is 2.36. The van der Waals surface area contributed by atoms with Crippen molar-refractivity contribution in [2.24, 2.45) is 5.41 Å². The Bertz CT molecular complexity index is 1510. The van der Waals surface area contributed by atoms with Crippen LogP contribution in [0.2, 0.25) is 0 Å². The number of fused-ring (bicyclic) bond motifs is 1. The van der Waals surface area contributed by atoms with Crippen molar-refractivity contribution in [1.29, 1.82) is 0 Å². The maximum atomic E-state index is 5.22. The van der Waals surface area contributed by atoms with E-state index in [4.69, 9.17) is 9.97 Å². The van der Waals surface area contributed by atoms with E-state index in [-0.39, 0.29) is 5.41 Å². The zero-order chi connectivity index (χ0) is 25.4. The molecule has 6 rings (SSSR count).